The minimum absolute atomic E-state index is 0.505. The summed E-state index contributed by atoms with van der Waals surface area (Å²) >= 11 is 1.33. The van der Waals surface area contributed by atoms with Crippen LogP contribution >= 0.6 is 11.5 Å². The minimum atomic E-state index is 0.505. The molecule has 3 rings (SSSR count). The van der Waals surface area contributed by atoms with Crippen molar-refractivity contribution in [3.8, 4) is 22.8 Å². The van der Waals surface area contributed by atoms with Crippen LogP contribution in [0.5, 0.6) is 0 Å². The number of hydrogen-bond acceptors (Lipinski definition) is 7. The van der Waals surface area contributed by atoms with E-state index in [0.717, 1.165) is 0 Å². The van der Waals surface area contributed by atoms with Gasteiger partial charge in [0.1, 0.15) is 17.7 Å². The third-order valence-corrected chi connectivity index (χ3v) is 2.40. The highest BCUT2D eigenvalue weighted by Gasteiger charge is 2.18. The summed E-state index contributed by atoms with van der Waals surface area (Å²) in [4.78, 5) is 0. The maximum Gasteiger partial charge on any atom is 0.216 e. The van der Waals surface area contributed by atoms with E-state index in [4.69, 9.17) is 9.05 Å². The maximum atomic E-state index is 5.03. The molecular weight excluding hydrogens is 216 g/mol. The summed E-state index contributed by atoms with van der Waals surface area (Å²) in [5.41, 5.74) is 1.82. The summed E-state index contributed by atoms with van der Waals surface area (Å²) in [5, 5.41) is 13.0. The lowest BCUT2D eigenvalue weighted by atomic mass is 10.2. The molecule has 6 nitrogen and oxygen atoms in total. The predicted octanol–water partition coefficient (Wildman–Crippen LogP) is 1.85. The summed E-state index contributed by atoms with van der Waals surface area (Å²) in [6.07, 6.45) is 1.47. The van der Waals surface area contributed by atoms with Crippen molar-refractivity contribution in [2.75, 3.05) is 0 Å². The highest BCUT2D eigenvalue weighted by atomic mass is 32.1. The van der Waals surface area contributed by atoms with Gasteiger partial charge in [-0.1, -0.05) is 5.16 Å². The van der Waals surface area contributed by atoms with E-state index in [-0.39, 0.29) is 0 Å². The molecule has 0 atom stereocenters. The van der Waals surface area contributed by atoms with Crippen molar-refractivity contribution in [3.05, 3.63) is 23.8 Å². The second kappa shape index (κ2) is 3.28. The molecule has 3 aromatic rings. The van der Waals surface area contributed by atoms with Crippen molar-refractivity contribution >= 4 is 11.5 Å². The standard InChI is InChI=1S/C8H4N4O2S/c1-3-13-10-5(1)7-8(14-12-9-7)6-2-4-15-11-6/h1-4H. The van der Waals surface area contributed by atoms with Crippen molar-refractivity contribution < 1.29 is 9.05 Å². The van der Waals surface area contributed by atoms with Gasteiger partial charge >= 0.3 is 0 Å². The molecule has 0 amide bonds. The van der Waals surface area contributed by atoms with E-state index in [1.807, 2.05) is 11.4 Å². The smallest absolute Gasteiger partial charge is 0.216 e. The summed E-state index contributed by atoms with van der Waals surface area (Å²) in [6.45, 7) is 0. The third kappa shape index (κ3) is 1.33. The van der Waals surface area contributed by atoms with Crippen LogP contribution in [0.2, 0.25) is 0 Å². The second-order valence-electron chi connectivity index (χ2n) is 2.72. The van der Waals surface area contributed by atoms with Gasteiger partial charge in [-0.05, 0) is 17.6 Å². The lowest BCUT2D eigenvalue weighted by molar-refractivity contribution is 0.403. The van der Waals surface area contributed by atoms with Crippen LogP contribution in [0, 0.1) is 0 Å². The zero-order valence-electron chi connectivity index (χ0n) is 7.32. The van der Waals surface area contributed by atoms with Gasteiger partial charge in [0.15, 0.2) is 5.69 Å². The number of aromatic nitrogens is 4. The van der Waals surface area contributed by atoms with Crippen molar-refractivity contribution in [1.82, 2.24) is 19.9 Å². The van der Waals surface area contributed by atoms with Gasteiger partial charge < -0.3 is 9.05 Å². The van der Waals surface area contributed by atoms with Gasteiger partial charge in [0, 0.05) is 16.7 Å². The highest BCUT2D eigenvalue weighted by molar-refractivity contribution is 7.03. The van der Waals surface area contributed by atoms with Crippen LogP contribution in [0.25, 0.3) is 22.8 Å². The monoisotopic (exact) mass is 220 g/mol. The fourth-order valence-corrected chi connectivity index (χ4v) is 1.70. The molecule has 0 bridgehead atoms. The first-order valence-corrected chi connectivity index (χ1v) is 4.92. The molecule has 0 N–H and O–H groups in total. The normalized spacial score (nSPS) is 10.7. The Morgan fingerprint density at radius 2 is 2.20 bits per heavy atom. The molecule has 74 valence electrons. The summed E-state index contributed by atoms with van der Waals surface area (Å²) in [7, 11) is 0. The molecular formula is C8H4N4O2S. The molecule has 0 saturated carbocycles. The molecule has 0 unspecified atom stereocenters. The van der Waals surface area contributed by atoms with Crippen LogP contribution in [0.4, 0.5) is 0 Å². The van der Waals surface area contributed by atoms with E-state index in [1.165, 1.54) is 17.8 Å². The average molecular weight is 220 g/mol. The van der Waals surface area contributed by atoms with Gasteiger partial charge in [-0.15, -0.1) is 5.10 Å². The average Bonchev–Trinajstić information content (AvgIpc) is 3.01. The SMILES string of the molecule is c1cc(-c2nnoc2-c2ccsn2)no1. The topological polar surface area (TPSA) is 77.8 Å². The maximum absolute atomic E-state index is 5.03. The lowest BCUT2D eigenvalue weighted by Gasteiger charge is -1.89. The van der Waals surface area contributed by atoms with Crippen LogP contribution in [0.1, 0.15) is 0 Å². The first-order valence-electron chi connectivity index (χ1n) is 4.09. The Morgan fingerprint density at radius 1 is 1.20 bits per heavy atom. The molecule has 7 heteroatoms. The third-order valence-electron chi connectivity index (χ3n) is 1.84. The largest absolute Gasteiger partial charge is 0.364 e. The summed E-state index contributed by atoms with van der Waals surface area (Å²) < 4.78 is 13.9. The fraction of sp³-hybridized carbons (Fsp3) is 0. The molecule has 0 fully saturated rings. The number of rotatable bonds is 2. The molecule has 0 radical (unpaired) electrons. The number of nitrogens with zero attached hydrogens (tertiary/aromatic N) is 4. The molecule has 0 spiro atoms. The zero-order chi connectivity index (χ0) is 10.1. The Hall–Kier alpha value is -2.02. The highest BCUT2D eigenvalue weighted by Crippen LogP contribution is 2.28. The van der Waals surface area contributed by atoms with E-state index in [1.54, 1.807) is 6.07 Å². The number of hydrogen-bond donors (Lipinski definition) is 0. The molecule has 0 aliphatic rings. The van der Waals surface area contributed by atoms with Gasteiger partial charge in [-0.25, -0.2) is 0 Å². The van der Waals surface area contributed by atoms with Crippen LogP contribution in [-0.4, -0.2) is 19.9 Å². The van der Waals surface area contributed by atoms with Crippen molar-refractivity contribution in [2.24, 2.45) is 0 Å². The van der Waals surface area contributed by atoms with Gasteiger partial charge in [0.25, 0.3) is 0 Å². The van der Waals surface area contributed by atoms with Crippen LogP contribution < -0.4 is 0 Å². The molecule has 0 aliphatic heterocycles. The van der Waals surface area contributed by atoms with E-state index >= 15 is 0 Å². The Kier molecular flexibility index (Phi) is 1.82. The van der Waals surface area contributed by atoms with Gasteiger partial charge in [-0.3, -0.25) is 0 Å². The predicted molar refractivity (Wildman–Crippen MR) is 50.9 cm³/mol. The Balaban J connectivity index is 2.15. The zero-order valence-corrected chi connectivity index (χ0v) is 8.14. The fourth-order valence-electron chi connectivity index (χ4n) is 1.19. The van der Waals surface area contributed by atoms with Crippen molar-refractivity contribution in [3.63, 3.8) is 0 Å². The molecule has 15 heavy (non-hydrogen) atoms. The van der Waals surface area contributed by atoms with E-state index in [9.17, 15) is 0 Å². The van der Waals surface area contributed by atoms with E-state index in [0.29, 0.717) is 22.8 Å². The quantitative estimate of drug-likeness (QED) is 0.655. The van der Waals surface area contributed by atoms with Crippen LogP contribution in [0.3, 0.4) is 0 Å². The van der Waals surface area contributed by atoms with Gasteiger partial charge in [0.2, 0.25) is 5.76 Å². The Bertz CT molecular complexity index is 494. The van der Waals surface area contributed by atoms with Gasteiger partial charge in [-0.2, -0.15) is 4.37 Å². The molecule has 3 heterocycles. The molecule has 0 aliphatic carbocycles. The van der Waals surface area contributed by atoms with Crippen LogP contribution in [0.15, 0.2) is 32.8 Å². The minimum Gasteiger partial charge on any atom is -0.364 e. The van der Waals surface area contributed by atoms with E-state index < -0.39 is 0 Å². The van der Waals surface area contributed by atoms with E-state index in [2.05, 4.69) is 19.9 Å². The van der Waals surface area contributed by atoms with Crippen LogP contribution in [-0.2, 0) is 0 Å². The second-order valence-corrected chi connectivity index (χ2v) is 3.39. The lowest BCUT2D eigenvalue weighted by Crippen LogP contribution is -1.81. The molecule has 3 aromatic heterocycles. The Labute approximate surface area is 87.7 Å². The van der Waals surface area contributed by atoms with Crippen molar-refractivity contribution in [2.45, 2.75) is 0 Å². The first kappa shape index (κ1) is 8.30. The first-order chi connectivity index (χ1) is 7.45. The van der Waals surface area contributed by atoms with Crippen molar-refractivity contribution in [1.29, 1.82) is 0 Å². The molecule has 0 saturated heterocycles. The summed E-state index contributed by atoms with van der Waals surface area (Å²) in [5.74, 6) is 0.505. The summed E-state index contributed by atoms with van der Waals surface area (Å²) in [6, 6.07) is 3.52. The molecule has 0 aromatic carbocycles. The Morgan fingerprint density at radius 3 is 2.93 bits per heavy atom. The van der Waals surface area contributed by atoms with Gasteiger partial charge in [0.05, 0.1) is 0 Å².